The Hall–Kier alpha value is -1.33. The highest BCUT2D eigenvalue weighted by Crippen LogP contribution is 2.29. The van der Waals surface area contributed by atoms with Gasteiger partial charge < -0.3 is 19.4 Å². The summed E-state index contributed by atoms with van der Waals surface area (Å²) in [4.78, 5) is 13.7. The molecule has 112 valence electrons. The number of furan rings is 1. The van der Waals surface area contributed by atoms with Crippen molar-refractivity contribution in [1.29, 1.82) is 0 Å². The van der Waals surface area contributed by atoms with Gasteiger partial charge in [-0.3, -0.25) is 0 Å². The first-order valence-corrected chi connectivity index (χ1v) is 7.07. The number of likely N-dealkylation sites (tertiary alicyclic amines) is 1. The first kappa shape index (κ1) is 15.1. The number of nitrogens with one attached hydrogen (secondary N) is 1. The molecule has 20 heavy (non-hydrogen) atoms. The quantitative estimate of drug-likeness (QED) is 0.835. The number of nitrogens with zero attached hydrogens (tertiary/aromatic N) is 1. The molecule has 1 fully saturated rings. The maximum atomic E-state index is 11.3. The maximum Gasteiger partial charge on any atom is 0.341 e. The summed E-state index contributed by atoms with van der Waals surface area (Å²) in [5, 5.41) is 3.43. The first-order valence-electron chi connectivity index (χ1n) is 7.07. The van der Waals surface area contributed by atoms with E-state index in [1.54, 1.807) is 6.07 Å². The predicted molar refractivity (Wildman–Crippen MR) is 76.6 cm³/mol. The van der Waals surface area contributed by atoms with E-state index < -0.39 is 0 Å². The largest absolute Gasteiger partial charge is 0.467 e. The lowest BCUT2D eigenvalue weighted by Gasteiger charge is -2.38. The van der Waals surface area contributed by atoms with E-state index in [2.05, 4.69) is 28.9 Å². The molecule has 2 heterocycles. The summed E-state index contributed by atoms with van der Waals surface area (Å²) >= 11 is 0. The Bertz CT molecular complexity index is 448. The third kappa shape index (κ3) is 3.84. The standard InChI is InChI=1S/C15H24N2O3/c1-15(4-6-17(2)7-5-15)11-16-9-13-8-12(10-20-13)14(18)19-3/h8,10,16H,4-7,9,11H2,1-3H3. The molecular weight excluding hydrogens is 256 g/mol. The zero-order valence-corrected chi connectivity index (χ0v) is 12.6. The minimum Gasteiger partial charge on any atom is -0.467 e. The van der Waals surface area contributed by atoms with Gasteiger partial charge in [0.05, 0.1) is 19.2 Å². The van der Waals surface area contributed by atoms with Crippen LogP contribution in [0.4, 0.5) is 0 Å². The Morgan fingerprint density at radius 2 is 2.20 bits per heavy atom. The fourth-order valence-electron chi connectivity index (χ4n) is 2.52. The molecule has 0 radical (unpaired) electrons. The Labute approximate surface area is 120 Å². The second kappa shape index (κ2) is 6.41. The molecule has 0 aromatic carbocycles. The molecule has 1 aromatic rings. The number of esters is 1. The highest BCUT2D eigenvalue weighted by atomic mass is 16.5. The number of methoxy groups -OCH3 is 1. The van der Waals surface area contributed by atoms with Gasteiger partial charge in [-0.05, 0) is 44.5 Å². The van der Waals surface area contributed by atoms with Gasteiger partial charge in [-0.25, -0.2) is 4.79 Å². The van der Waals surface area contributed by atoms with Crippen molar-refractivity contribution < 1.29 is 13.9 Å². The number of ether oxygens (including phenoxy) is 1. The summed E-state index contributed by atoms with van der Waals surface area (Å²) in [5.41, 5.74) is 0.819. The van der Waals surface area contributed by atoms with Crippen LogP contribution in [0.1, 0.15) is 35.9 Å². The molecule has 0 spiro atoms. The van der Waals surface area contributed by atoms with Crippen LogP contribution >= 0.6 is 0 Å². The normalized spacial score (nSPS) is 18.9. The van der Waals surface area contributed by atoms with E-state index in [0.717, 1.165) is 25.4 Å². The van der Waals surface area contributed by atoms with Gasteiger partial charge >= 0.3 is 5.97 Å². The van der Waals surface area contributed by atoms with Crippen LogP contribution in [0, 0.1) is 5.41 Å². The van der Waals surface area contributed by atoms with Crippen molar-refractivity contribution in [1.82, 2.24) is 10.2 Å². The summed E-state index contributed by atoms with van der Waals surface area (Å²) in [5.74, 6) is 0.407. The van der Waals surface area contributed by atoms with E-state index in [1.165, 1.54) is 26.2 Å². The molecule has 1 aromatic heterocycles. The van der Waals surface area contributed by atoms with E-state index in [9.17, 15) is 4.79 Å². The number of hydrogen-bond donors (Lipinski definition) is 1. The van der Waals surface area contributed by atoms with Crippen LogP contribution in [-0.2, 0) is 11.3 Å². The van der Waals surface area contributed by atoms with E-state index in [-0.39, 0.29) is 5.97 Å². The fraction of sp³-hybridized carbons (Fsp3) is 0.667. The molecule has 0 atom stereocenters. The maximum absolute atomic E-state index is 11.3. The minimum atomic E-state index is -0.359. The van der Waals surface area contributed by atoms with Crippen LogP contribution in [0.3, 0.4) is 0 Å². The van der Waals surface area contributed by atoms with Gasteiger partial charge in [0.25, 0.3) is 0 Å². The van der Waals surface area contributed by atoms with E-state index >= 15 is 0 Å². The number of rotatable bonds is 5. The zero-order chi connectivity index (χ0) is 14.6. The highest BCUT2D eigenvalue weighted by molar-refractivity contribution is 5.88. The molecular formula is C15H24N2O3. The molecule has 0 unspecified atom stereocenters. The molecule has 1 N–H and O–H groups in total. The van der Waals surface area contributed by atoms with Gasteiger partial charge in [-0.2, -0.15) is 0 Å². The van der Waals surface area contributed by atoms with Crippen LogP contribution in [0.15, 0.2) is 16.7 Å². The number of carbonyl (C=O) groups is 1. The first-order chi connectivity index (χ1) is 9.52. The SMILES string of the molecule is COC(=O)c1coc(CNCC2(C)CCN(C)CC2)c1. The number of piperidine rings is 1. The monoisotopic (exact) mass is 280 g/mol. The van der Waals surface area contributed by atoms with Crippen molar-refractivity contribution in [3.8, 4) is 0 Å². The average Bonchev–Trinajstić information content (AvgIpc) is 2.90. The molecule has 2 rings (SSSR count). The van der Waals surface area contributed by atoms with Gasteiger partial charge in [-0.15, -0.1) is 0 Å². The molecule has 0 saturated carbocycles. The minimum absolute atomic E-state index is 0.351. The molecule has 1 aliphatic rings. The van der Waals surface area contributed by atoms with Crippen LogP contribution in [0.25, 0.3) is 0 Å². The molecule has 0 amide bonds. The molecule has 5 nitrogen and oxygen atoms in total. The van der Waals surface area contributed by atoms with Crippen molar-refractivity contribution in [2.45, 2.75) is 26.3 Å². The summed E-state index contributed by atoms with van der Waals surface area (Å²) in [6.07, 6.45) is 3.87. The van der Waals surface area contributed by atoms with Crippen LogP contribution < -0.4 is 5.32 Å². The van der Waals surface area contributed by atoms with E-state index in [0.29, 0.717) is 17.5 Å². The van der Waals surface area contributed by atoms with Gasteiger partial charge in [0.1, 0.15) is 12.0 Å². The zero-order valence-electron chi connectivity index (χ0n) is 12.6. The molecule has 5 heteroatoms. The lowest BCUT2D eigenvalue weighted by atomic mass is 9.80. The summed E-state index contributed by atoms with van der Waals surface area (Å²) in [6, 6.07) is 1.73. The Balaban J connectivity index is 1.78. The van der Waals surface area contributed by atoms with Crippen molar-refractivity contribution >= 4 is 5.97 Å². The molecule has 1 aliphatic heterocycles. The second-order valence-corrected chi connectivity index (χ2v) is 6.01. The highest BCUT2D eigenvalue weighted by Gasteiger charge is 2.28. The molecule has 1 saturated heterocycles. The van der Waals surface area contributed by atoms with Crippen molar-refractivity contribution in [2.75, 3.05) is 33.8 Å². The fourth-order valence-corrected chi connectivity index (χ4v) is 2.52. The summed E-state index contributed by atoms with van der Waals surface area (Å²) < 4.78 is 10.0. The van der Waals surface area contributed by atoms with Crippen LogP contribution in [0.2, 0.25) is 0 Å². The number of hydrogen-bond acceptors (Lipinski definition) is 5. The molecule has 0 bridgehead atoms. The summed E-state index contributed by atoms with van der Waals surface area (Å²) in [7, 11) is 3.54. The topological polar surface area (TPSA) is 54.7 Å². The summed E-state index contributed by atoms with van der Waals surface area (Å²) in [6.45, 7) is 6.25. The third-order valence-electron chi connectivity index (χ3n) is 4.12. The Morgan fingerprint density at radius 1 is 1.50 bits per heavy atom. The lowest BCUT2D eigenvalue weighted by molar-refractivity contribution is 0.0600. The number of carbonyl (C=O) groups excluding carboxylic acids is 1. The second-order valence-electron chi connectivity index (χ2n) is 6.01. The van der Waals surface area contributed by atoms with Crippen LogP contribution in [0.5, 0.6) is 0 Å². The third-order valence-corrected chi connectivity index (χ3v) is 4.12. The van der Waals surface area contributed by atoms with Crippen molar-refractivity contribution in [3.05, 3.63) is 23.7 Å². The van der Waals surface area contributed by atoms with Gasteiger partial charge in [-0.1, -0.05) is 6.92 Å². The van der Waals surface area contributed by atoms with Crippen molar-refractivity contribution in [2.24, 2.45) is 5.41 Å². The Morgan fingerprint density at radius 3 is 2.85 bits per heavy atom. The van der Waals surface area contributed by atoms with Gasteiger partial charge in [0.15, 0.2) is 0 Å². The van der Waals surface area contributed by atoms with Gasteiger partial charge in [0.2, 0.25) is 0 Å². The smallest absolute Gasteiger partial charge is 0.341 e. The molecule has 0 aliphatic carbocycles. The van der Waals surface area contributed by atoms with Gasteiger partial charge in [0, 0.05) is 6.54 Å². The van der Waals surface area contributed by atoms with Crippen molar-refractivity contribution in [3.63, 3.8) is 0 Å². The average molecular weight is 280 g/mol. The Kier molecular flexibility index (Phi) is 4.83. The lowest BCUT2D eigenvalue weighted by Crippen LogP contribution is -2.41. The van der Waals surface area contributed by atoms with E-state index in [1.807, 2.05) is 0 Å². The van der Waals surface area contributed by atoms with Crippen LogP contribution in [-0.4, -0.2) is 44.7 Å². The predicted octanol–water partition coefficient (Wildman–Crippen LogP) is 1.89. The van der Waals surface area contributed by atoms with E-state index in [4.69, 9.17) is 4.42 Å².